The van der Waals surface area contributed by atoms with E-state index >= 15 is 0 Å². The first-order chi connectivity index (χ1) is 7.10. The van der Waals surface area contributed by atoms with Crippen LogP contribution in [0.4, 0.5) is 0 Å². The number of carbonyl (C=O) groups is 1. The van der Waals surface area contributed by atoms with Gasteiger partial charge in [0.05, 0.1) is 11.1 Å². The average Bonchev–Trinajstić information content (AvgIpc) is 2.59. The van der Waals surface area contributed by atoms with Crippen LogP contribution < -0.4 is 0 Å². The molecule has 15 heavy (non-hydrogen) atoms. The normalized spacial score (nSPS) is 12.5. The molecule has 0 saturated heterocycles. The molecule has 1 rings (SSSR count). The standard InChI is InChI=1S/C10H15BrN2O2/c1-4-7(3)13-6-8(11)9(12-13)10(14)15-5-2/h6-7H,4-5H2,1-3H3. The predicted molar refractivity (Wildman–Crippen MR) is 60.9 cm³/mol. The van der Waals surface area contributed by atoms with E-state index in [0.29, 0.717) is 16.8 Å². The zero-order valence-electron chi connectivity index (χ0n) is 9.16. The van der Waals surface area contributed by atoms with Gasteiger partial charge in [-0.1, -0.05) is 6.92 Å². The van der Waals surface area contributed by atoms with Gasteiger partial charge in [0.15, 0.2) is 5.69 Å². The van der Waals surface area contributed by atoms with E-state index in [4.69, 9.17) is 4.74 Å². The highest BCUT2D eigenvalue weighted by Gasteiger charge is 2.17. The molecular formula is C10H15BrN2O2. The quantitative estimate of drug-likeness (QED) is 0.794. The molecule has 84 valence electrons. The maximum Gasteiger partial charge on any atom is 0.360 e. The highest BCUT2D eigenvalue weighted by atomic mass is 79.9. The molecule has 0 fully saturated rings. The van der Waals surface area contributed by atoms with Gasteiger partial charge >= 0.3 is 5.97 Å². The topological polar surface area (TPSA) is 44.1 Å². The molecule has 1 aromatic heterocycles. The van der Waals surface area contributed by atoms with Crippen LogP contribution in [-0.2, 0) is 4.74 Å². The summed E-state index contributed by atoms with van der Waals surface area (Å²) in [6, 6.07) is 0.282. The number of aromatic nitrogens is 2. The van der Waals surface area contributed by atoms with E-state index in [0.717, 1.165) is 6.42 Å². The zero-order valence-corrected chi connectivity index (χ0v) is 10.7. The van der Waals surface area contributed by atoms with Crippen molar-refractivity contribution in [1.82, 2.24) is 9.78 Å². The number of nitrogens with zero attached hydrogens (tertiary/aromatic N) is 2. The second-order valence-electron chi connectivity index (χ2n) is 3.28. The Bertz CT molecular complexity index is 349. The van der Waals surface area contributed by atoms with Gasteiger partial charge in [-0.2, -0.15) is 5.10 Å². The summed E-state index contributed by atoms with van der Waals surface area (Å²) in [5.74, 6) is -0.383. The average molecular weight is 275 g/mol. The van der Waals surface area contributed by atoms with Crippen LogP contribution in [0.25, 0.3) is 0 Å². The lowest BCUT2D eigenvalue weighted by molar-refractivity contribution is 0.0517. The summed E-state index contributed by atoms with van der Waals surface area (Å²) in [7, 11) is 0. The van der Waals surface area contributed by atoms with Crippen LogP contribution in [0, 0.1) is 0 Å². The Labute approximate surface area is 97.7 Å². The minimum absolute atomic E-state index is 0.282. The maximum absolute atomic E-state index is 11.5. The molecule has 0 aromatic carbocycles. The molecule has 0 spiro atoms. The lowest BCUT2D eigenvalue weighted by atomic mass is 10.3. The molecule has 0 aliphatic heterocycles. The predicted octanol–water partition coefficient (Wildman–Crippen LogP) is 2.79. The highest BCUT2D eigenvalue weighted by Crippen LogP contribution is 2.19. The molecule has 1 heterocycles. The van der Waals surface area contributed by atoms with Crippen molar-refractivity contribution in [3.05, 3.63) is 16.4 Å². The Morgan fingerprint density at radius 3 is 2.87 bits per heavy atom. The summed E-state index contributed by atoms with van der Waals surface area (Å²) in [5, 5.41) is 4.19. The van der Waals surface area contributed by atoms with Gasteiger partial charge in [0.25, 0.3) is 0 Å². The van der Waals surface area contributed by atoms with Gasteiger partial charge in [-0.25, -0.2) is 4.79 Å². The SMILES string of the molecule is CCOC(=O)c1nn(C(C)CC)cc1Br. The van der Waals surface area contributed by atoms with E-state index < -0.39 is 0 Å². The number of halogens is 1. The van der Waals surface area contributed by atoms with Crippen LogP contribution in [-0.4, -0.2) is 22.4 Å². The fraction of sp³-hybridized carbons (Fsp3) is 0.600. The molecule has 0 bridgehead atoms. The van der Waals surface area contributed by atoms with E-state index in [1.165, 1.54) is 0 Å². The van der Waals surface area contributed by atoms with Gasteiger partial charge in [-0.15, -0.1) is 0 Å². The summed E-state index contributed by atoms with van der Waals surface area (Å²) in [4.78, 5) is 11.5. The Hall–Kier alpha value is -0.840. The molecule has 1 atom stereocenters. The Kier molecular flexibility index (Phi) is 4.32. The molecule has 0 N–H and O–H groups in total. The molecule has 0 aliphatic rings. The second-order valence-corrected chi connectivity index (χ2v) is 4.14. The number of hydrogen-bond donors (Lipinski definition) is 0. The summed E-state index contributed by atoms with van der Waals surface area (Å²) in [5.41, 5.74) is 0.345. The Balaban J connectivity index is 2.90. The largest absolute Gasteiger partial charge is 0.461 e. The third-order valence-corrected chi connectivity index (χ3v) is 2.78. The Morgan fingerprint density at radius 1 is 1.67 bits per heavy atom. The fourth-order valence-corrected chi connectivity index (χ4v) is 1.57. The van der Waals surface area contributed by atoms with Gasteiger partial charge < -0.3 is 4.74 Å². The fourth-order valence-electron chi connectivity index (χ4n) is 1.12. The first kappa shape index (κ1) is 12.2. The van der Waals surface area contributed by atoms with E-state index in [9.17, 15) is 4.79 Å². The highest BCUT2D eigenvalue weighted by molar-refractivity contribution is 9.10. The van der Waals surface area contributed by atoms with Crippen molar-refractivity contribution in [2.24, 2.45) is 0 Å². The molecule has 0 radical (unpaired) electrons. The van der Waals surface area contributed by atoms with Crippen molar-refractivity contribution < 1.29 is 9.53 Å². The number of rotatable bonds is 4. The number of esters is 1. The number of hydrogen-bond acceptors (Lipinski definition) is 3. The lowest BCUT2D eigenvalue weighted by Crippen LogP contribution is -2.09. The van der Waals surface area contributed by atoms with Gasteiger partial charge in [0.2, 0.25) is 0 Å². The summed E-state index contributed by atoms with van der Waals surface area (Å²) < 4.78 is 7.35. The third kappa shape index (κ3) is 2.81. The van der Waals surface area contributed by atoms with Crippen LogP contribution in [0.3, 0.4) is 0 Å². The Morgan fingerprint density at radius 2 is 2.33 bits per heavy atom. The van der Waals surface area contributed by atoms with Gasteiger partial charge in [0, 0.05) is 12.2 Å². The van der Waals surface area contributed by atoms with Crippen molar-refractivity contribution in [2.45, 2.75) is 33.2 Å². The molecule has 0 amide bonds. The molecular weight excluding hydrogens is 260 g/mol. The molecule has 0 aliphatic carbocycles. The maximum atomic E-state index is 11.5. The monoisotopic (exact) mass is 274 g/mol. The van der Waals surface area contributed by atoms with Gasteiger partial charge in [0.1, 0.15) is 0 Å². The number of carbonyl (C=O) groups excluding carboxylic acids is 1. The zero-order chi connectivity index (χ0) is 11.4. The molecule has 1 aromatic rings. The van der Waals surface area contributed by atoms with Crippen LogP contribution in [0.15, 0.2) is 10.7 Å². The summed E-state index contributed by atoms with van der Waals surface area (Å²) in [6.45, 7) is 6.26. The van der Waals surface area contributed by atoms with E-state index in [2.05, 4.69) is 28.0 Å². The lowest BCUT2D eigenvalue weighted by Gasteiger charge is -2.07. The van der Waals surface area contributed by atoms with Crippen LogP contribution in [0.1, 0.15) is 43.7 Å². The summed E-state index contributed by atoms with van der Waals surface area (Å²) in [6.07, 6.45) is 2.77. The third-order valence-electron chi connectivity index (χ3n) is 2.20. The van der Waals surface area contributed by atoms with Gasteiger partial charge in [-0.3, -0.25) is 4.68 Å². The minimum Gasteiger partial charge on any atom is -0.461 e. The first-order valence-corrected chi connectivity index (χ1v) is 5.81. The molecule has 5 heteroatoms. The van der Waals surface area contributed by atoms with Crippen molar-refractivity contribution >= 4 is 21.9 Å². The van der Waals surface area contributed by atoms with Crippen LogP contribution in [0.5, 0.6) is 0 Å². The van der Waals surface area contributed by atoms with Crippen LogP contribution in [0.2, 0.25) is 0 Å². The molecule has 1 unspecified atom stereocenters. The minimum atomic E-state index is -0.383. The first-order valence-electron chi connectivity index (χ1n) is 5.01. The van der Waals surface area contributed by atoms with Crippen molar-refractivity contribution in [3.8, 4) is 0 Å². The smallest absolute Gasteiger partial charge is 0.360 e. The van der Waals surface area contributed by atoms with Crippen molar-refractivity contribution in [1.29, 1.82) is 0 Å². The van der Waals surface area contributed by atoms with Gasteiger partial charge in [-0.05, 0) is 36.2 Å². The molecule has 0 saturated carbocycles. The van der Waals surface area contributed by atoms with E-state index in [1.807, 2.05) is 6.92 Å². The molecule has 4 nitrogen and oxygen atoms in total. The van der Waals surface area contributed by atoms with E-state index in [-0.39, 0.29) is 12.0 Å². The van der Waals surface area contributed by atoms with Crippen molar-refractivity contribution in [3.63, 3.8) is 0 Å². The van der Waals surface area contributed by atoms with E-state index in [1.54, 1.807) is 17.8 Å². The number of ether oxygens (including phenoxy) is 1. The second kappa shape index (κ2) is 5.30. The van der Waals surface area contributed by atoms with Crippen molar-refractivity contribution in [2.75, 3.05) is 6.61 Å². The van der Waals surface area contributed by atoms with Crippen LogP contribution >= 0.6 is 15.9 Å². The summed E-state index contributed by atoms with van der Waals surface area (Å²) >= 11 is 3.30.